The molecule has 0 aliphatic rings. The highest BCUT2D eigenvalue weighted by Crippen LogP contribution is 2.17. The molecule has 142 valence electrons. The molecule has 3 aromatic rings. The molecule has 1 heterocycles. The fraction of sp³-hybridized carbons (Fsp3) is 0.350. The van der Waals surface area contributed by atoms with Gasteiger partial charge < -0.3 is 15.2 Å². The molecule has 0 aliphatic carbocycles. The van der Waals surface area contributed by atoms with Gasteiger partial charge in [0.1, 0.15) is 24.8 Å². The van der Waals surface area contributed by atoms with Crippen molar-refractivity contribution in [3.8, 4) is 11.4 Å². The summed E-state index contributed by atoms with van der Waals surface area (Å²) in [6.07, 6.45) is 0.970. The van der Waals surface area contributed by atoms with Crippen molar-refractivity contribution < 1.29 is 9.84 Å². The number of aliphatic hydroxyl groups excluding tert-OH is 1. The summed E-state index contributed by atoms with van der Waals surface area (Å²) in [4.78, 5) is 0. The Labute approximate surface area is 159 Å². The van der Waals surface area contributed by atoms with E-state index < -0.39 is 6.10 Å². The van der Waals surface area contributed by atoms with E-state index in [1.54, 1.807) is 11.0 Å². The first-order valence-corrected chi connectivity index (χ1v) is 8.98. The predicted molar refractivity (Wildman–Crippen MR) is 103 cm³/mol. The van der Waals surface area contributed by atoms with Crippen LogP contribution in [-0.2, 0) is 0 Å². The molecule has 0 fully saturated rings. The number of rotatable bonds is 8. The predicted octanol–water partition coefficient (Wildman–Crippen LogP) is 2.37. The Morgan fingerprint density at radius 1 is 1.11 bits per heavy atom. The maximum absolute atomic E-state index is 10.2. The molecule has 2 aromatic carbocycles. The average molecular weight is 367 g/mol. The summed E-state index contributed by atoms with van der Waals surface area (Å²) in [6, 6.07) is 14.0. The van der Waals surface area contributed by atoms with E-state index in [-0.39, 0.29) is 12.6 Å². The number of nitrogens with one attached hydrogen (secondary N) is 1. The van der Waals surface area contributed by atoms with Crippen molar-refractivity contribution in [2.45, 2.75) is 32.9 Å². The lowest BCUT2D eigenvalue weighted by molar-refractivity contribution is 0.104. The normalized spacial score (nSPS) is 13.3. The largest absolute Gasteiger partial charge is 0.491 e. The summed E-state index contributed by atoms with van der Waals surface area (Å²) in [5.74, 6) is 0.781. The van der Waals surface area contributed by atoms with Gasteiger partial charge in [-0.3, -0.25) is 0 Å². The maximum atomic E-state index is 10.2. The Morgan fingerprint density at radius 2 is 1.89 bits per heavy atom. The first-order chi connectivity index (χ1) is 13.0. The van der Waals surface area contributed by atoms with Gasteiger partial charge in [0, 0.05) is 12.6 Å². The van der Waals surface area contributed by atoms with E-state index >= 15 is 0 Å². The Balaban J connectivity index is 1.46. The summed E-state index contributed by atoms with van der Waals surface area (Å²) in [7, 11) is 0. The number of aliphatic hydroxyl groups is 1. The number of nitrogens with zero attached hydrogens (tertiary/aromatic N) is 4. The zero-order valence-corrected chi connectivity index (χ0v) is 15.8. The molecule has 1 aromatic heterocycles. The molecule has 3 rings (SSSR count). The Hall–Kier alpha value is -2.77. The Morgan fingerprint density at radius 3 is 2.56 bits per heavy atom. The van der Waals surface area contributed by atoms with Crippen molar-refractivity contribution >= 4 is 0 Å². The van der Waals surface area contributed by atoms with Crippen LogP contribution in [0.4, 0.5) is 0 Å². The fourth-order valence-corrected chi connectivity index (χ4v) is 2.68. The van der Waals surface area contributed by atoms with Gasteiger partial charge >= 0.3 is 0 Å². The van der Waals surface area contributed by atoms with Gasteiger partial charge in [-0.05, 0) is 72.2 Å². The maximum Gasteiger partial charge on any atom is 0.143 e. The minimum absolute atomic E-state index is 0.101. The SMILES string of the molecule is Cc1ccc(OCC(O)CNC(C)c2ccc(-n3cnnn3)cc2)cc1C. The van der Waals surface area contributed by atoms with Crippen molar-refractivity contribution in [2.75, 3.05) is 13.2 Å². The van der Waals surface area contributed by atoms with Crippen LogP contribution in [0.25, 0.3) is 5.69 Å². The van der Waals surface area contributed by atoms with E-state index in [9.17, 15) is 5.11 Å². The van der Waals surface area contributed by atoms with E-state index in [1.165, 1.54) is 11.1 Å². The van der Waals surface area contributed by atoms with Gasteiger partial charge in [0.2, 0.25) is 0 Å². The van der Waals surface area contributed by atoms with E-state index in [0.717, 1.165) is 17.0 Å². The van der Waals surface area contributed by atoms with Crippen LogP contribution in [-0.4, -0.2) is 44.6 Å². The molecule has 7 nitrogen and oxygen atoms in total. The van der Waals surface area contributed by atoms with Gasteiger partial charge in [0.05, 0.1) is 5.69 Å². The highest BCUT2D eigenvalue weighted by Gasteiger charge is 2.10. The number of benzene rings is 2. The standard InChI is InChI=1S/C20H25N5O2/c1-14-4-9-20(10-15(14)2)27-12-19(26)11-21-16(3)17-5-7-18(8-6-17)25-13-22-23-24-25/h4-10,13,16,19,21,26H,11-12H2,1-3H3. The van der Waals surface area contributed by atoms with Crippen LogP contribution in [0, 0.1) is 13.8 Å². The van der Waals surface area contributed by atoms with Crippen molar-refractivity contribution in [1.29, 1.82) is 0 Å². The molecule has 2 unspecified atom stereocenters. The van der Waals surface area contributed by atoms with Gasteiger partial charge in [-0.15, -0.1) is 5.10 Å². The molecule has 0 spiro atoms. The molecule has 2 N–H and O–H groups in total. The molecule has 7 heteroatoms. The van der Waals surface area contributed by atoms with Gasteiger partial charge in [-0.1, -0.05) is 18.2 Å². The molecular weight excluding hydrogens is 342 g/mol. The molecule has 0 saturated carbocycles. The second-order valence-electron chi connectivity index (χ2n) is 6.69. The molecule has 0 radical (unpaired) electrons. The fourth-order valence-electron chi connectivity index (χ4n) is 2.68. The lowest BCUT2D eigenvalue weighted by Gasteiger charge is -2.18. The number of tetrazole rings is 1. The highest BCUT2D eigenvalue weighted by atomic mass is 16.5. The highest BCUT2D eigenvalue weighted by molar-refractivity contribution is 5.34. The van der Waals surface area contributed by atoms with Crippen molar-refractivity contribution in [3.05, 3.63) is 65.5 Å². The van der Waals surface area contributed by atoms with Crippen LogP contribution in [0.2, 0.25) is 0 Å². The van der Waals surface area contributed by atoms with Crippen LogP contribution in [0.3, 0.4) is 0 Å². The molecule has 0 saturated heterocycles. The van der Waals surface area contributed by atoms with Gasteiger partial charge in [-0.25, -0.2) is 4.68 Å². The Kier molecular flexibility index (Phi) is 6.16. The third-order valence-electron chi connectivity index (χ3n) is 4.59. The van der Waals surface area contributed by atoms with Crippen molar-refractivity contribution in [1.82, 2.24) is 25.5 Å². The average Bonchev–Trinajstić information content (AvgIpc) is 3.22. The number of aryl methyl sites for hydroxylation is 2. The molecule has 2 atom stereocenters. The van der Waals surface area contributed by atoms with Crippen molar-refractivity contribution in [2.24, 2.45) is 0 Å². The number of hydrogen-bond acceptors (Lipinski definition) is 6. The summed E-state index contributed by atoms with van der Waals surface area (Å²) < 4.78 is 7.29. The zero-order valence-electron chi connectivity index (χ0n) is 15.8. The first kappa shape index (κ1) is 19.0. The second-order valence-corrected chi connectivity index (χ2v) is 6.69. The van der Waals surface area contributed by atoms with E-state index in [1.807, 2.05) is 49.4 Å². The van der Waals surface area contributed by atoms with E-state index in [2.05, 4.69) is 34.7 Å². The summed E-state index contributed by atoms with van der Waals surface area (Å²) >= 11 is 0. The lowest BCUT2D eigenvalue weighted by Crippen LogP contribution is -2.33. The van der Waals surface area contributed by atoms with E-state index in [4.69, 9.17) is 4.74 Å². The minimum atomic E-state index is -0.588. The molecule has 0 bridgehead atoms. The molecule has 0 aliphatic heterocycles. The minimum Gasteiger partial charge on any atom is -0.491 e. The van der Waals surface area contributed by atoms with Gasteiger partial charge in [0.15, 0.2) is 0 Å². The second kappa shape index (κ2) is 8.75. The number of ether oxygens (including phenoxy) is 1. The first-order valence-electron chi connectivity index (χ1n) is 8.98. The van der Waals surface area contributed by atoms with Crippen LogP contribution < -0.4 is 10.1 Å². The summed E-state index contributed by atoms with van der Waals surface area (Å²) in [5.41, 5.74) is 4.43. The van der Waals surface area contributed by atoms with Crippen molar-refractivity contribution in [3.63, 3.8) is 0 Å². The third-order valence-corrected chi connectivity index (χ3v) is 4.59. The van der Waals surface area contributed by atoms with E-state index in [0.29, 0.717) is 6.54 Å². The number of aromatic nitrogens is 4. The van der Waals surface area contributed by atoms with Crippen LogP contribution in [0.1, 0.15) is 29.7 Å². The monoisotopic (exact) mass is 367 g/mol. The quantitative estimate of drug-likeness (QED) is 0.636. The Bertz CT molecular complexity index is 849. The number of hydrogen-bond donors (Lipinski definition) is 2. The summed E-state index contributed by atoms with van der Waals surface area (Å²) in [5, 5.41) is 24.7. The lowest BCUT2D eigenvalue weighted by atomic mass is 10.1. The third kappa shape index (κ3) is 5.12. The topological polar surface area (TPSA) is 85.1 Å². The van der Waals surface area contributed by atoms with Gasteiger partial charge in [-0.2, -0.15) is 0 Å². The molecule has 0 amide bonds. The summed E-state index contributed by atoms with van der Waals surface area (Å²) in [6.45, 7) is 6.87. The van der Waals surface area contributed by atoms with Gasteiger partial charge in [0.25, 0.3) is 0 Å². The zero-order chi connectivity index (χ0) is 19.2. The molecular formula is C20H25N5O2. The van der Waals surface area contributed by atoms with Crippen LogP contribution in [0.15, 0.2) is 48.8 Å². The molecule has 27 heavy (non-hydrogen) atoms. The van der Waals surface area contributed by atoms with Crippen LogP contribution >= 0.6 is 0 Å². The smallest absolute Gasteiger partial charge is 0.143 e. The van der Waals surface area contributed by atoms with Crippen LogP contribution in [0.5, 0.6) is 5.75 Å².